The number of amides is 2. The molecule has 0 aromatic heterocycles. The van der Waals surface area contributed by atoms with Crippen LogP contribution in [0.3, 0.4) is 0 Å². The molecule has 14 heavy (non-hydrogen) atoms. The fourth-order valence-corrected chi connectivity index (χ4v) is 2.76. The summed E-state index contributed by atoms with van der Waals surface area (Å²) in [7, 11) is 0. The van der Waals surface area contributed by atoms with E-state index in [1.807, 2.05) is 4.90 Å². The Labute approximate surface area is 84.8 Å². The van der Waals surface area contributed by atoms with Crippen molar-refractivity contribution in [2.24, 2.45) is 11.7 Å². The Morgan fingerprint density at radius 2 is 2.21 bits per heavy atom. The summed E-state index contributed by atoms with van der Waals surface area (Å²) in [6.07, 6.45) is 4.72. The first-order chi connectivity index (χ1) is 6.79. The van der Waals surface area contributed by atoms with E-state index in [-0.39, 0.29) is 6.03 Å². The molecule has 2 aliphatic rings. The van der Waals surface area contributed by atoms with Crippen molar-refractivity contribution in [3.63, 3.8) is 0 Å². The number of carbonyl (C=O) groups is 1. The van der Waals surface area contributed by atoms with Gasteiger partial charge in [0.15, 0.2) is 0 Å². The van der Waals surface area contributed by atoms with Crippen LogP contribution >= 0.6 is 0 Å². The van der Waals surface area contributed by atoms with Crippen LogP contribution in [-0.4, -0.2) is 36.6 Å². The summed E-state index contributed by atoms with van der Waals surface area (Å²) < 4.78 is 0. The fraction of sp³-hybridized carbons (Fsp3) is 0.900. The monoisotopic (exact) mass is 197 g/mol. The maximum Gasteiger partial charge on any atom is 0.315 e. The average Bonchev–Trinajstić information content (AvgIpc) is 2.67. The lowest BCUT2D eigenvalue weighted by Gasteiger charge is -2.33. The van der Waals surface area contributed by atoms with Gasteiger partial charge in [0.1, 0.15) is 0 Å². The van der Waals surface area contributed by atoms with Crippen LogP contribution < -0.4 is 11.1 Å². The van der Waals surface area contributed by atoms with Crippen molar-refractivity contribution in [1.82, 2.24) is 10.2 Å². The Hall–Kier alpha value is -0.770. The van der Waals surface area contributed by atoms with E-state index in [1.165, 1.54) is 12.8 Å². The molecule has 0 spiro atoms. The summed E-state index contributed by atoms with van der Waals surface area (Å²) in [5.74, 6) is 0.624. The minimum Gasteiger partial charge on any atom is -0.351 e. The third kappa shape index (κ3) is 1.85. The van der Waals surface area contributed by atoms with E-state index in [0.29, 0.717) is 12.0 Å². The van der Waals surface area contributed by atoms with Gasteiger partial charge in [-0.05, 0) is 44.7 Å². The maximum absolute atomic E-state index is 11.2. The van der Waals surface area contributed by atoms with E-state index in [0.717, 1.165) is 32.5 Å². The molecule has 2 unspecified atom stereocenters. The van der Waals surface area contributed by atoms with Crippen LogP contribution in [0.5, 0.6) is 0 Å². The Morgan fingerprint density at radius 1 is 1.36 bits per heavy atom. The number of carbonyl (C=O) groups excluding carboxylic acids is 1. The quantitative estimate of drug-likeness (QED) is 0.644. The highest BCUT2D eigenvalue weighted by Gasteiger charge is 2.33. The van der Waals surface area contributed by atoms with E-state index in [1.54, 1.807) is 0 Å². The summed E-state index contributed by atoms with van der Waals surface area (Å²) in [6, 6.07) is 0.165. The Balaban J connectivity index is 1.97. The number of hydrogen-bond donors (Lipinski definition) is 2. The number of hydrogen-bond acceptors (Lipinski definition) is 2. The molecule has 3 N–H and O–H groups in total. The Morgan fingerprint density at radius 3 is 2.86 bits per heavy atom. The zero-order chi connectivity index (χ0) is 9.97. The van der Waals surface area contributed by atoms with Gasteiger partial charge < -0.3 is 16.0 Å². The van der Waals surface area contributed by atoms with Gasteiger partial charge in [-0.2, -0.15) is 0 Å². The summed E-state index contributed by atoms with van der Waals surface area (Å²) in [5.41, 5.74) is 5.36. The molecule has 2 heterocycles. The van der Waals surface area contributed by atoms with Crippen molar-refractivity contribution < 1.29 is 4.79 Å². The standard InChI is InChI=1S/C10H19N3O/c11-10(14)13-6-2-4-9(13)8-3-1-5-12-7-8/h8-9,12H,1-7H2,(H2,11,14). The molecule has 0 saturated carbocycles. The minimum absolute atomic E-state index is 0.238. The van der Waals surface area contributed by atoms with Crippen molar-refractivity contribution in [1.29, 1.82) is 0 Å². The molecule has 2 amide bonds. The summed E-state index contributed by atoms with van der Waals surface area (Å²) >= 11 is 0. The largest absolute Gasteiger partial charge is 0.351 e. The van der Waals surface area contributed by atoms with Crippen LogP contribution in [0, 0.1) is 5.92 Å². The van der Waals surface area contributed by atoms with Crippen LogP contribution in [-0.2, 0) is 0 Å². The average molecular weight is 197 g/mol. The second-order valence-electron chi connectivity index (χ2n) is 4.35. The van der Waals surface area contributed by atoms with Crippen LogP contribution in [0.2, 0.25) is 0 Å². The fourth-order valence-electron chi connectivity index (χ4n) is 2.76. The number of urea groups is 1. The molecule has 4 nitrogen and oxygen atoms in total. The second-order valence-corrected chi connectivity index (χ2v) is 4.35. The molecule has 2 aliphatic heterocycles. The number of nitrogens with zero attached hydrogens (tertiary/aromatic N) is 1. The molecular weight excluding hydrogens is 178 g/mol. The number of primary amides is 1. The van der Waals surface area contributed by atoms with Gasteiger partial charge >= 0.3 is 6.03 Å². The second kappa shape index (κ2) is 4.17. The van der Waals surface area contributed by atoms with Crippen LogP contribution in [0.1, 0.15) is 25.7 Å². The predicted molar refractivity (Wildman–Crippen MR) is 54.9 cm³/mol. The molecule has 2 atom stereocenters. The molecule has 0 radical (unpaired) electrons. The summed E-state index contributed by atoms with van der Waals surface area (Å²) in [6.45, 7) is 3.03. The smallest absolute Gasteiger partial charge is 0.315 e. The lowest BCUT2D eigenvalue weighted by Crippen LogP contribution is -2.47. The van der Waals surface area contributed by atoms with E-state index in [2.05, 4.69) is 5.32 Å². The first-order valence-corrected chi connectivity index (χ1v) is 5.56. The zero-order valence-corrected chi connectivity index (χ0v) is 8.54. The van der Waals surface area contributed by atoms with Gasteiger partial charge in [-0.25, -0.2) is 4.79 Å². The Bertz CT molecular complexity index is 213. The van der Waals surface area contributed by atoms with E-state index in [9.17, 15) is 4.79 Å². The topological polar surface area (TPSA) is 58.4 Å². The minimum atomic E-state index is -0.238. The van der Waals surface area contributed by atoms with Crippen molar-refractivity contribution in [3.05, 3.63) is 0 Å². The third-order valence-corrected chi connectivity index (χ3v) is 3.46. The molecule has 2 saturated heterocycles. The van der Waals surface area contributed by atoms with Crippen molar-refractivity contribution >= 4 is 6.03 Å². The zero-order valence-electron chi connectivity index (χ0n) is 8.54. The summed E-state index contributed by atoms with van der Waals surface area (Å²) in [5, 5.41) is 3.39. The number of nitrogens with one attached hydrogen (secondary N) is 1. The Kier molecular flexibility index (Phi) is 2.91. The first kappa shape index (κ1) is 9.77. The van der Waals surface area contributed by atoms with Gasteiger partial charge in [0.05, 0.1) is 0 Å². The molecular formula is C10H19N3O. The number of rotatable bonds is 1. The third-order valence-electron chi connectivity index (χ3n) is 3.46. The van der Waals surface area contributed by atoms with Gasteiger partial charge in [0.2, 0.25) is 0 Å². The first-order valence-electron chi connectivity index (χ1n) is 5.56. The molecule has 0 aliphatic carbocycles. The highest BCUT2D eigenvalue weighted by molar-refractivity contribution is 5.72. The van der Waals surface area contributed by atoms with Crippen molar-refractivity contribution in [3.8, 4) is 0 Å². The lowest BCUT2D eigenvalue weighted by atomic mass is 9.90. The maximum atomic E-state index is 11.2. The highest BCUT2D eigenvalue weighted by atomic mass is 16.2. The van der Waals surface area contributed by atoms with Crippen LogP contribution in [0.25, 0.3) is 0 Å². The van der Waals surface area contributed by atoms with Gasteiger partial charge in [0, 0.05) is 12.6 Å². The molecule has 2 rings (SSSR count). The molecule has 0 aromatic carbocycles. The van der Waals surface area contributed by atoms with Gasteiger partial charge in [-0.1, -0.05) is 0 Å². The molecule has 0 bridgehead atoms. The predicted octanol–water partition coefficient (Wildman–Crippen LogP) is 0.529. The molecule has 4 heteroatoms. The normalized spacial score (nSPS) is 33.3. The van der Waals surface area contributed by atoms with E-state index >= 15 is 0 Å². The SMILES string of the molecule is NC(=O)N1CCCC1C1CCCNC1. The van der Waals surface area contributed by atoms with Gasteiger partial charge in [-0.15, -0.1) is 0 Å². The lowest BCUT2D eigenvalue weighted by molar-refractivity contribution is 0.169. The van der Waals surface area contributed by atoms with Gasteiger partial charge in [0.25, 0.3) is 0 Å². The summed E-state index contributed by atoms with van der Waals surface area (Å²) in [4.78, 5) is 13.0. The number of piperidine rings is 1. The van der Waals surface area contributed by atoms with E-state index < -0.39 is 0 Å². The van der Waals surface area contributed by atoms with Crippen molar-refractivity contribution in [2.75, 3.05) is 19.6 Å². The van der Waals surface area contributed by atoms with E-state index in [4.69, 9.17) is 5.73 Å². The van der Waals surface area contributed by atoms with Gasteiger partial charge in [-0.3, -0.25) is 0 Å². The van der Waals surface area contributed by atoms with Crippen LogP contribution in [0.15, 0.2) is 0 Å². The van der Waals surface area contributed by atoms with Crippen LogP contribution in [0.4, 0.5) is 4.79 Å². The number of likely N-dealkylation sites (tertiary alicyclic amines) is 1. The molecule has 0 aromatic rings. The molecule has 2 fully saturated rings. The highest BCUT2D eigenvalue weighted by Crippen LogP contribution is 2.27. The number of nitrogens with two attached hydrogens (primary N) is 1. The molecule has 80 valence electrons. The van der Waals surface area contributed by atoms with Crippen molar-refractivity contribution in [2.45, 2.75) is 31.7 Å².